The van der Waals surface area contributed by atoms with E-state index in [1.165, 1.54) is 6.20 Å². The number of hydrogen-bond acceptors (Lipinski definition) is 3. The summed E-state index contributed by atoms with van der Waals surface area (Å²) in [5.41, 5.74) is 0.157. The van der Waals surface area contributed by atoms with Crippen molar-refractivity contribution in [2.45, 2.75) is 13.3 Å². The van der Waals surface area contributed by atoms with Gasteiger partial charge in [-0.05, 0) is 12.5 Å². The fourth-order valence-corrected chi connectivity index (χ4v) is 0.819. The summed E-state index contributed by atoms with van der Waals surface area (Å²) in [6, 6.07) is 1.06. The van der Waals surface area contributed by atoms with E-state index in [-0.39, 0.29) is 11.4 Å². The zero-order valence-electron chi connectivity index (χ0n) is 6.63. The lowest BCUT2D eigenvalue weighted by molar-refractivity contribution is 0.428. The maximum absolute atomic E-state index is 12.7. The van der Waals surface area contributed by atoms with Crippen molar-refractivity contribution in [3.05, 3.63) is 23.8 Å². The summed E-state index contributed by atoms with van der Waals surface area (Å²) in [4.78, 5) is 3.70. The third-order valence-electron chi connectivity index (χ3n) is 1.51. The zero-order valence-corrected chi connectivity index (χ0v) is 6.63. The van der Waals surface area contributed by atoms with Crippen LogP contribution in [0.25, 0.3) is 0 Å². The third-order valence-corrected chi connectivity index (χ3v) is 1.51. The van der Waals surface area contributed by atoms with E-state index in [9.17, 15) is 4.39 Å². The maximum atomic E-state index is 12.7. The Morgan fingerprint density at radius 2 is 2.42 bits per heavy atom. The fourth-order valence-electron chi connectivity index (χ4n) is 0.819. The molecule has 4 heteroatoms. The second-order valence-electron chi connectivity index (χ2n) is 2.32. The largest absolute Gasteiger partial charge is 0.503 e. The molecule has 0 atom stereocenters. The number of nitrogens with one attached hydrogen (secondary N) is 1. The molecule has 2 N–H and O–H groups in total. The first kappa shape index (κ1) is 8.64. The normalized spacial score (nSPS) is 9.83. The summed E-state index contributed by atoms with van der Waals surface area (Å²) in [5, 5.41) is 16.4. The Morgan fingerprint density at radius 1 is 1.75 bits per heavy atom. The second-order valence-corrected chi connectivity index (χ2v) is 2.32. The first-order valence-corrected chi connectivity index (χ1v) is 3.58. The van der Waals surface area contributed by atoms with Gasteiger partial charge in [0.15, 0.2) is 11.6 Å². The summed E-state index contributed by atoms with van der Waals surface area (Å²) >= 11 is 0. The van der Waals surface area contributed by atoms with Crippen LogP contribution in [0.5, 0.6) is 5.75 Å². The SMILES string of the molecule is CCC(=N)c1nccc(F)c1O. The predicted molar refractivity (Wildman–Crippen MR) is 43.0 cm³/mol. The van der Waals surface area contributed by atoms with Crippen molar-refractivity contribution in [3.63, 3.8) is 0 Å². The third kappa shape index (κ3) is 1.42. The van der Waals surface area contributed by atoms with Crippen LogP contribution in [0.3, 0.4) is 0 Å². The van der Waals surface area contributed by atoms with Gasteiger partial charge >= 0.3 is 0 Å². The van der Waals surface area contributed by atoms with Crippen molar-refractivity contribution >= 4 is 5.71 Å². The standard InChI is InChI=1S/C8H9FN2O/c1-2-6(10)7-8(12)5(9)3-4-11-7/h3-4,10,12H,2H2,1H3. The van der Waals surface area contributed by atoms with E-state index in [4.69, 9.17) is 10.5 Å². The minimum Gasteiger partial charge on any atom is -0.503 e. The smallest absolute Gasteiger partial charge is 0.179 e. The Labute approximate surface area is 69.4 Å². The highest BCUT2D eigenvalue weighted by Gasteiger charge is 2.10. The molecule has 0 saturated heterocycles. The number of hydrogen-bond donors (Lipinski definition) is 2. The number of aromatic hydroxyl groups is 1. The summed E-state index contributed by atoms with van der Waals surface area (Å²) in [5.74, 6) is -1.28. The van der Waals surface area contributed by atoms with Gasteiger partial charge in [-0.1, -0.05) is 6.92 Å². The van der Waals surface area contributed by atoms with E-state index >= 15 is 0 Å². The van der Waals surface area contributed by atoms with Crippen molar-refractivity contribution in [3.8, 4) is 5.75 Å². The molecule has 0 aliphatic rings. The van der Waals surface area contributed by atoms with Gasteiger partial charge in [0.2, 0.25) is 0 Å². The van der Waals surface area contributed by atoms with Crippen LogP contribution in [0.1, 0.15) is 19.0 Å². The molecule has 0 aromatic carbocycles. The molecule has 0 aliphatic carbocycles. The summed E-state index contributed by atoms with van der Waals surface area (Å²) in [7, 11) is 0. The Hall–Kier alpha value is -1.45. The molecule has 0 fully saturated rings. The molecule has 64 valence electrons. The molecule has 0 radical (unpaired) electrons. The molecule has 1 aromatic rings. The van der Waals surface area contributed by atoms with E-state index in [1.54, 1.807) is 6.92 Å². The minimum atomic E-state index is -0.738. The van der Waals surface area contributed by atoms with Gasteiger partial charge in [-0.3, -0.25) is 4.98 Å². The fraction of sp³-hybridized carbons (Fsp3) is 0.250. The van der Waals surface area contributed by atoms with Crippen LogP contribution in [-0.4, -0.2) is 15.8 Å². The van der Waals surface area contributed by atoms with E-state index in [2.05, 4.69) is 4.98 Å². The second kappa shape index (κ2) is 3.30. The highest BCUT2D eigenvalue weighted by Crippen LogP contribution is 2.19. The lowest BCUT2D eigenvalue weighted by atomic mass is 10.2. The first-order valence-electron chi connectivity index (χ1n) is 3.58. The van der Waals surface area contributed by atoms with Crippen molar-refractivity contribution in [1.82, 2.24) is 4.98 Å². The number of halogens is 1. The molecule has 0 saturated carbocycles. The molecule has 0 aliphatic heterocycles. The van der Waals surface area contributed by atoms with Gasteiger partial charge in [0.05, 0.1) is 5.71 Å². The van der Waals surface area contributed by atoms with E-state index in [0.29, 0.717) is 6.42 Å². The monoisotopic (exact) mass is 168 g/mol. The predicted octanol–water partition coefficient (Wildman–Crippen LogP) is 1.70. The average molecular weight is 168 g/mol. The number of aromatic nitrogens is 1. The van der Waals surface area contributed by atoms with Crippen LogP contribution < -0.4 is 0 Å². The van der Waals surface area contributed by atoms with Crippen molar-refractivity contribution in [2.24, 2.45) is 0 Å². The van der Waals surface area contributed by atoms with E-state index < -0.39 is 11.6 Å². The lowest BCUT2D eigenvalue weighted by Gasteiger charge is -2.02. The molecule has 0 bridgehead atoms. The first-order chi connectivity index (χ1) is 5.66. The van der Waals surface area contributed by atoms with E-state index in [1.807, 2.05) is 0 Å². The number of pyridine rings is 1. The zero-order chi connectivity index (χ0) is 9.14. The van der Waals surface area contributed by atoms with Crippen LogP contribution in [0.4, 0.5) is 4.39 Å². The Morgan fingerprint density at radius 3 is 3.00 bits per heavy atom. The Bertz CT molecular complexity index is 312. The van der Waals surface area contributed by atoms with Crippen LogP contribution >= 0.6 is 0 Å². The van der Waals surface area contributed by atoms with Gasteiger partial charge in [-0.25, -0.2) is 4.39 Å². The maximum Gasteiger partial charge on any atom is 0.179 e. The highest BCUT2D eigenvalue weighted by molar-refractivity contribution is 5.98. The molecular formula is C8H9FN2O. The van der Waals surface area contributed by atoms with Crippen molar-refractivity contribution in [1.29, 1.82) is 5.41 Å². The molecule has 0 unspecified atom stereocenters. The summed E-state index contributed by atoms with van der Waals surface area (Å²) < 4.78 is 12.7. The topological polar surface area (TPSA) is 57.0 Å². The van der Waals surface area contributed by atoms with Crippen LogP contribution in [0, 0.1) is 11.2 Å². The Balaban J connectivity index is 3.16. The van der Waals surface area contributed by atoms with E-state index in [0.717, 1.165) is 6.07 Å². The van der Waals surface area contributed by atoms with Gasteiger partial charge in [-0.15, -0.1) is 0 Å². The molecule has 0 spiro atoms. The quantitative estimate of drug-likeness (QED) is 0.660. The molecular weight excluding hydrogens is 159 g/mol. The molecule has 1 heterocycles. The number of rotatable bonds is 2. The van der Waals surface area contributed by atoms with Gasteiger partial charge in [0, 0.05) is 6.20 Å². The van der Waals surface area contributed by atoms with Gasteiger partial charge < -0.3 is 10.5 Å². The van der Waals surface area contributed by atoms with Gasteiger partial charge in [0.1, 0.15) is 5.69 Å². The van der Waals surface area contributed by atoms with Gasteiger partial charge in [0.25, 0.3) is 0 Å². The van der Waals surface area contributed by atoms with Crippen molar-refractivity contribution < 1.29 is 9.50 Å². The molecule has 1 rings (SSSR count). The van der Waals surface area contributed by atoms with Crippen LogP contribution in [0.15, 0.2) is 12.3 Å². The van der Waals surface area contributed by atoms with Gasteiger partial charge in [-0.2, -0.15) is 0 Å². The number of nitrogens with zero attached hydrogens (tertiary/aromatic N) is 1. The van der Waals surface area contributed by atoms with Crippen LogP contribution in [-0.2, 0) is 0 Å². The highest BCUT2D eigenvalue weighted by atomic mass is 19.1. The molecule has 12 heavy (non-hydrogen) atoms. The lowest BCUT2D eigenvalue weighted by Crippen LogP contribution is -2.01. The Kier molecular flexibility index (Phi) is 2.38. The van der Waals surface area contributed by atoms with Crippen LogP contribution in [0.2, 0.25) is 0 Å². The molecule has 0 amide bonds. The average Bonchev–Trinajstić information content (AvgIpc) is 2.08. The summed E-state index contributed by atoms with van der Waals surface area (Å²) in [6.45, 7) is 1.74. The molecule has 1 aromatic heterocycles. The minimum absolute atomic E-state index is 0.0255. The summed E-state index contributed by atoms with van der Waals surface area (Å²) in [6.07, 6.45) is 1.65. The van der Waals surface area contributed by atoms with Crippen molar-refractivity contribution in [2.75, 3.05) is 0 Å². The molecule has 3 nitrogen and oxygen atoms in total.